The zero-order valence-electron chi connectivity index (χ0n) is 18.8. The zero-order chi connectivity index (χ0) is 21.8. The number of aromatic nitrogens is 2. The molecule has 0 radical (unpaired) electrons. The van der Waals surface area contributed by atoms with E-state index in [4.69, 9.17) is 14.7 Å². The van der Waals surface area contributed by atoms with E-state index in [9.17, 15) is 4.79 Å². The molecule has 1 aromatic heterocycles. The van der Waals surface area contributed by atoms with Crippen LogP contribution in [0, 0.1) is 0 Å². The Balaban J connectivity index is 1.52. The predicted molar refractivity (Wildman–Crippen MR) is 121 cm³/mol. The molecule has 1 amide bonds. The third-order valence-electron chi connectivity index (χ3n) is 5.86. The summed E-state index contributed by atoms with van der Waals surface area (Å²) in [7, 11) is 3.96. The van der Waals surface area contributed by atoms with Crippen molar-refractivity contribution in [1.82, 2.24) is 19.8 Å². The molecule has 1 fully saturated rings. The Kier molecular flexibility index (Phi) is 6.56. The van der Waals surface area contributed by atoms with Crippen LogP contribution in [0.1, 0.15) is 23.7 Å². The Morgan fingerprint density at radius 2 is 1.81 bits per heavy atom. The smallest absolute Gasteiger partial charge is 0.409 e. The second-order valence-corrected chi connectivity index (χ2v) is 8.29. The first-order valence-corrected chi connectivity index (χ1v) is 11.0. The van der Waals surface area contributed by atoms with Crippen LogP contribution in [0.25, 0.3) is 0 Å². The van der Waals surface area contributed by atoms with Crippen molar-refractivity contribution >= 4 is 17.9 Å². The molecule has 8 nitrogen and oxygen atoms in total. The van der Waals surface area contributed by atoms with Crippen molar-refractivity contribution in [2.45, 2.75) is 26.4 Å². The molecular weight excluding hydrogens is 392 g/mol. The van der Waals surface area contributed by atoms with E-state index in [0.29, 0.717) is 19.7 Å². The molecule has 0 atom stereocenters. The van der Waals surface area contributed by atoms with Gasteiger partial charge in [0.25, 0.3) is 0 Å². The second kappa shape index (κ2) is 9.51. The Labute approximate surface area is 184 Å². The number of hydrogen-bond acceptors (Lipinski definition) is 7. The van der Waals surface area contributed by atoms with Gasteiger partial charge in [0.1, 0.15) is 5.82 Å². The Morgan fingerprint density at radius 3 is 2.48 bits per heavy atom. The van der Waals surface area contributed by atoms with Gasteiger partial charge in [-0.3, -0.25) is 4.90 Å². The highest BCUT2D eigenvalue weighted by atomic mass is 16.6. The molecule has 1 saturated heterocycles. The monoisotopic (exact) mass is 424 g/mol. The van der Waals surface area contributed by atoms with Gasteiger partial charge in [0, 0.05) is 65.5 Å². The van der Waals surface area contributed by atoms with Crippen molar-refractivity contribution in [3.05, 3.63) is 47.2 Å². The van der Waals surface area contributed by atoms with Gasteiger partial charge in [0.05, 0.1) is 12.3 Å². The molecule has 2 aromatic rings. The Hall–Kier alpha value is -2.87. The summed E-state index contributed by atoms with van der Waals surface area (Å²) in [6.45, 7) is 7.78. The van der Waals surface area contributed by atoms with Crippen molar-refractivity contribution in [3.8, 4) is 0 Å². The van der Waals surface area contributed by atoms with Gasteiger partial charge in [-0.2, -0.15) is 4.98 Å². The summed E-state index contributed by atoms with van der Waals surface area (Å²) in [5.41, 5.74) is 3.69. The number of rotatable bonds is 5. The molecule has 8 heteroatoms. The number of benzene rings is 1. The summed E-state index contributed by atoms with van der Waals surface area (Å²) in [5.74, 6) is 1.76. The highest BCUT2D eigenvalue weighted by Gasteiger charge is 2.29. The highest BCUT2D eigenvalue weighted by molar-refractivity contribution is 5.68. The van der Waals surface area contributed by atoms with E-state index in [-0.39, 0.29) is 6.09 Å². The molecule has 1 aromatic carbocycles. The summed E-state index contributed by atoms with van der Waals surface area (Å²) >= 11 is 0. The molecular formula is C23H32N6O2. The van der Waals surface area contributed by atoms with Gasteiger partial charge in [-0.15, -0.1) is 0 Å². The van der Waals surface area contributed by atoms with Crippen LogP contribution in [-0.4, -0.2) is 79.3 Å². The van der Waals surface area contributed by atoms with E-state index in [1.807, 2.05) is 25.9 Å². The molecule has 0 N–H and O–H groups in total. The lowest BCUT2D eigenvalue weighted by molar-refractivity contribution is 0.105. The Morgan fingerprint density at radius 1 is 1.06 bits per heavy atom. The van der Waals surface area contributed by atoms with Gasteiger partial charge in [-0.1, -0.05) is 30.3 Å². The molecule has 166 valence electrons. The van der Waals surface area contributed by atoms with Gasteiger partial charge in [0.15, 0.2) is 0 Å². The Bertz CT molecular complexity index is 896. The van der Waals surface area contributed by atoms with E-state index >= 15 is 0 Å². The van der Waals surface area contributed by atoms with Crippen molar-refractivity contribution in [1.29, 1.82) is 0 Å². The average molecular weight is 425 g/mol. The number of amides is 1. The first-order chi connectivity index (χ1) is 15.0. The minimum absolute atomic E-state index is 0.225. The first kappa shape index (κ1) is 21.4. The van der Waals surface area contributed by atoms with Gasteiger partial charge in [-0.05, 0) is 18.9 Å². The van der Waals surface area contributed by atoms with Gasteiger partial charge in [-0.25, -0.2) is 9.78 Å². The van der Waals surface area contributed by atoms with Crippen LogP contribution in [0.2, 0.25) is 0 Å². The first-order valence-electron chi connectivity index (χ1n) is 11.0. The summed E-state index contributed by atoms with van der Waals surface area (Å²) in [4.78, 5) is 30.4. The fourth-order valence-corrected chi connectivity index (χ4v) is 4.21. The van der Waals surface area contributed by atoms with Crippen LogP contribution in [0.5, 0.6) is 0 Å². The molecule has 0 saturated carbocycles. The fourth-order valence-electron chi connectivity index (χ4n) is 4.21. The van der Waals surface area contributed by atoms with Gasteiger partial charge < -0.3 is 19.4 Å². The quantitative estimate of drug-likeness (QED) is 0.730. The summed E-state index contributed by atoms with van der Waals surface area (Å²) < 4.78 is 5.15. The highest BCUT2D eigenvalue weighted by Crippen LogP contribution is 2.29. The molecule has 0 aliphatic carbocycles. The summed E-state index contributed by atoms with van der Waals surface area (Å²) in [6.07, 6.45) is 0.709. The van der Waals surface area contributed by atoms with E-state index in [0.717, 1.165) is 56.6 Å². The second-order valence-electron chi connectivity index (χ2n) is 8.29. The zero-order valence-corrected chi connectivity index (χ0v) is 18.8. The molecule has 3 heterocycles. The summed E-state index contributed by atoms with van der Waals surface area (Å²) in [6, 6.07) is 10.6. The lowest BCUT2D eigenvalue weighted by atomic mass is 10.0. The number of nitrogens with zero attached hydrogens (tertiary/aromatic N) is 6. The van der Waals surface area contributed by atoms with Crippen LogP contribution in [-0.2, 0) is 24.2 Å². The molecule has 2 aliphatic heterocycles. The number of ether oxygens (including phenoxy) is 1. The number of carbonyl (C=O) groups excluding carboxylic acids is 1. The number of piperazine rings is 1. The van der Waals surface area contributed by atoms with Gasteiger partial charge in [0.2, 0.25) is 5.95 Å². The minimum atomic E-state index is -0.225. The van der Waals surface area contributed by atoms with E-state index in [1.165, 1.54) is 11.1 Å². The van der Waals surface area contributed by atoms with Crippen molar-refractivity contribution < 1.29 is 9.53 Å². The van der Waals surface area contributed by atoms with Crippen molar-refractivity contribution in [2.75, 3.05) is 63.2 Å². The molecule has 31 heavy (non-hydrogen) atoms. The predicted octanol–water partition coefficient (Wildman–Crippen LogP) is 2.38. The third-order valence-corrected chi connectivity index (χ3v) is 5.86. The molecule has 0 unspecified atom stereocenters. The third kappa shape index (κ3) is 4.90. The molecule has 4 rings (SSSR count). The average Bonchev–Trinajstić information content (AvgIpc) is 2.79. The van der Waals surface area contributed by atoms with Crippen LogP contribution >= 0.6 is 0 Å². The number of fused-ring (bicyclic) bond motifs is 1. The lowest BCUT2D eigenvalue weighted by Crippen LogP contribution is -2.49. The van der Waals surface area contributed by atoms with Crippen molar-refractivity contribution in [2.24, 2.45) is 0 Å². The van der Waals surface area contributed by atoms with Crippen LogP contribution in [0.3, 0.4) is 0 Å². The van der Waals surface area contributed by atoms with Gasteiger partial charge >= 0.3 is 6.09 Å². The lowest BCUT2D eigenvalue weighted by Gasteiger charge is -2.37. The topological polar surface area (TPSA) is 65.0 Å². The van der Waals surface area contributed by atoms with Crippen LogP contribution in [0.4, 0.5) is 16.6 Å². The van der Waals surface area contributed by atoms with Crippen LogP contribution in [0.15, 0.2) is 30.3 Å². The maximum absolute atomic E-state index is 12.1. The molecule has 0 bridgehead atoms. The SMILES string of the molecule is CCOC(=O)N1CCN(c2nc(N(C)C)nc3c2CCN(Cc2ccccc2)C3)CC1. The van der Waals surface area contributed by atoms with Crippen LogP contribution < -0.4 is 9.80 Å². The normalized spacial score (nSPS) is 16.7. The van der Waals surface area contributed by atoms with E-state index in [2.05, 4.69) is 40.1 Å². The standard InChI is InChI=1S/C23H32N6O2/c1-4-31-23(30)29-14-12-28(13-15-29)21-19-10-11-27(16-18-8-6-5-7-9-18)17-20(19)24-22(25-21)26(2)3/h5-9H,4,10-17H2,1-3H3. The molecule has 0 spiro atoms. The number of hydrogen-bond donors (Lipinski definition) is 0. The number of carbonyl (C=O) groups is 1. The fraction of sp³-hybridized carbons (Fsp3) is 0.522. The van der Waals surface area contributed by atoms with E-state index < -0.39 is 0 Å². The minimum Gasteiger partial charge on any atom is -0.450 e. The van der Waals surface area contributed by atoms with E-state index in [1.54, 1.807) is 4.90 Å². The molecule has 2 aliphatic rings. The number of anilines is 2. The maximum atomic E-state index is 12.1. The summed E-state index contributed by atoms with van der Waals surface area (Å²) in [5, 5.41) is 0. The maximum Gasteiger partial charge on any atom is 0.409 e. The van der Waals surface area contributed by atoms with Crippen molar-refractivity contribution in [3.63, 3.8) is 0 Å². The largest absolute Gasteiger partial charge is 0.450 e.